The van der Waals surface area contributed by atoms with E-state index in [1.54, 1.807) is 18.2 Å². The topological polar surface area (TPSA) is 81.4 Å². The van der Waals surface area contributed by atoms with Gasteiger partial charge in [-0.1, -0.05) is 12.1 Å². The molecule has 1 aliphatic rings. The Balaban J connectivity index is 2.06. The SMILES string of the molecule is CC1OCCC1CNS(=O)(=O)c1ccccc1N. The second-order valence-corrected chi connectivity index (χ2v) is 6.25. The first kappa shape index (κ1) is 13.3. The number of hydrogen-bond donors (Lipinski definition) is 2. The van der Waals surface area contributed by atoms with Gasteiger partial charge in [-0.3, -0.25) is 0 Å². The predicted octanol–water partition coefficient (Wildman–Crippen LogP) is 0.972. The summed E-state index contributed by atoms with van der Waals surface area (Å²) in [6.45, 7) is 3.04. The summed E-state index contributed by atoms with van der Waals surface area (Å²) in [7, 11) is -3.53. The maximum absolute atomic E-state index is 12.1. The average molecular weight is 270 g/mol. The number of anilines is 1. The molecular formula is C12H18N2O3S. The molecule has 5 nitrogen and oxygen atoms in total. The zero-order valence-corrected chi connectivity index (χ0v) is 11.1. The van der Waals surface area contributed by atoms with Crippen LogP contribution in [-0.4, -0.2) is 27.7 Å². The highest BCUT2D eigenvalue weighted by Gasteiger charge is 2.26. The molecule has 100 valence electrons. The lowest BCUT2D eigenvalue weighted by Gasteiger charge is -2.15. The van der Waals surface area contributed by atoms with Crippen molar-refractivity contribution in [3.8, 4) is 0 Å². The molecule has 1 heterocycles. The van der Waals surface area contributed by atoms with Gasteiger partial charge in [0, 0.05) is 19.1 Å². The van der Waals surface area contributed by atoms with Crippen LogP contribution in [0.25, 0.3) is 0 Å². The van der Waals surface area contributed by atoms with Crippen LogP contribution >= 0.6 is 0 Å². The van der Waals surface area contributed by atoms with Gasteiger partial charge in [0.05, 0.1) is 11.8 Å². The van der Waals surface area contributed by atoms with E-state index in [4.69, 9.17) is 10.5 Å². The molecule has 0 bridgehead atoms. The van der Waals surface area contributed by atoms with Crippen LogP contribution in [0.4, 0.5) is 5.69 Å². The lowest BCUT2D eigenvalue weighted by atomic mass is 10.0. The summed E-state index contributed by atoms with van der Waals surface area (Å²) in [6, 6.07) is 6.45. The van der Waals surface area contributed by atoms with Crippen molar-refractivity contribution in [1.82, 2.24) is 4.72 Å². The van der Waals surface area contributed by atoms with Gasteiger partial charge >= 0.3 is 0 Å². The van der Waals surface area contributed by atoms with Gasteiger partial charge in [0.15, 0.2) is 0 Å². The standard InChI is InChI=1S/C12H18N2O3S/c1-9-10(6-7-17-9)8-14-18(15,16)12-5-3-2-4-11(12)13/h2-5,9-10,14H,6-8,13H2,1H3. The Hall–Kier alpha value is -1.11. The highest BCUT2D eigenvalue weighted by Crippen LogP contribution is 2.21. The number of rotatable bonds is 4. The monoisotopic (exact) mass is 270 g/mol. The molecule has 18 heavy (non-hydrogen) atoms. The molecular weight excluding hydrogens is 252 g/mol. The van der Waals surface area contributed by atoms with Crippen molar-refractivity contribution in [2.24, 2.45) is 5.92 Å². The van der Waals surface area contributed by atoms with E-state index in [2.05, 4.69) is 4.72 Å². The molecule has 1 fully saturated rings. The zero-order chi connectivity index (χ0) is 13.2. The lowest BCUT2D eigenvalue weighted by molar-refractivity contribution is 0.107. The van der Waals surface area contributed by atoms with Crippen LogP contribution in [0.1, 0.15) is 13.3 Å². The molecule has 1 aromatic rings. The Bertz CT molecular complexity index is 516. The van der Waals surface area contributed by atoms with Crippen LogP contribution < -0.4 is 10.5 Å². The van der Waals surface area contributed by atoms with Gasteiger partial charge in [-0.05, 0) is 25.5 Å². The van der Waals surface area contributed by atoms with Gasteiger partial charge in [-0.25, -0.2) is 13.1 Å². The van der Waals surface area contributed by atoms with E-state index in [1.165, 1.54) is 6.07 Å². The molecule has 0 aromatic heterocycles. The van der Waals surface area contributed by atoms with Gasteiger partial charge in [0.25, 0.3) is 0 Å². The number of benzene rings is 1. The smallest absolute Gasteiger partial charge is 0.242 e. The second-order valence-electron chi connectivity index (χ2n) is 4.51. The fourth-order valence-corrected chi connectivity index (χ4v) is 3.29. The van der Waals surface area contributed by atoms with Crippen molar-refractivity contribution >= 4 is 15.7 Å². The van der Waals surface area contributed by atoms with Crippen molar-refractivity contribution in [2.75, 3.05) is 18.9 Å². The maximum atomic E-state index is 12.1. The van der Waals surface area contributed by atoms with Crippen molar-refractivity contribution in [1.29, 1.82) is 0 Å². The maximum Gasteiger partial charge on any atom is 0.242 e. The predicted molar refractivity (Wildman–Crippen MR) is 69.6 cm³/mol. The van der Waals surface area contributed by atoms with Crippen LogP contribution in [0.5, 0.6) is 0 Å². The first-order chi connectivity index (χ1) is 8.50. The molecule has 2 rings (SSSR count). The molecule has 3 N–H and O–H groups in total. The van der Waals surface area contributed by atoms with Gasteiger partial charge in [0.2, 0.25) is 10.0 Å². The number of para-hydroxylation sites is 1. The summed E-state index contributed by atoms with van der Waals surface area (Å²) in [6.07, 6.45) is 0.981. The Kier molecular flexibility index (Phi) is 3.89. The Morgan fingerprint density at radius 1 is 1.44 bits per heavy atom. The van der Waals surface area contributed by atoms with E-state index >= 15 is 0 Å². The minimum absolute atomic E-state index is 0.0980. The molecule has 0 spiro atoms. The average Bonchev–Trinajstić information content (AvgIpc) is 2.73. The Morgan fingerprint density at radius 2 is 2.17 bits per heavy atom. The number of nitrogen functional groups attached to an aromatic ring is 1. The fraction of sp³-hybridized carbons (Fsp3) is 0.500. The fourth-order valence-electron chi connectivity index (χ4n) is 2.06. The summed E-state index contributed by atoms with van der Waals surface area (Å²) in [5.74, 6) is 0.227. The van der Waals surface area contributed by atoms with E-state index in [9.17, 15) is 8.42 Å². The number of sulfonamides is 1. The van der Waals surface area contributed by atoms with E-state index in [0.717, 1.165) is 6.42 Å². The van der Waals surface area contributed by atoms with Gasteiger partial charge in [-0.15, -0.1) is 0 Å². The van der Waals surface area contributed by atoms with Crippen molar-refractivity contribution in [2.45, 2.75) is 24.3 Å². The molecule has 0 amide bonds. The summed E-state index contributed by atoms with van der Waals surface area (Å²) in [5.41, 5.74) is 5.94. The molecule has 1 aromatic carbocycles. The molecule has 0 aliphatic carbocycles. The third kappa shape index (κ3) is 2.82. The van der Waals surface area contributed by atoms with E-state index < -0.39 is 10.0 Å². The molecule has 1 aliphatic heterocycles. The molecule has 6 heteroatoms. The highest BCUT2D eigenvalue weighted by molar-refractivity contribution is 7.89. The van der Waals surface area contributed by atoms with Gasteiger partial charge in [0.1, 0.15) is 4.90 Å². The molecule has 2 unspecified atom stereocenters. The largest absolute Gasteiger partial charge is 0.398 e. The van der Waals surface area contributed by atoms with Crippen molar-refractivity contribution in [3.05, 3.63) is 24.3 Å². The van der Waals surface area contributed by atoms with Crippen molar-refractivity contribution in [3.63, 3.8) is 0 Å². The van der Waals surface area contributed by atoms with E-state index in [1.807, 2.05) is 6.92 Å². The number of ether oxygens (including phenoxy) is 1. The minimum Gasteiger partial charge on any atom is -0.398 e. The summed E-state index contributed by atoms with van der Waals surface area (Å²) >= 11 is 0. The van der Waals surface area contributed by atoms with E-state index in [-0.39, 0.29) is 22.6 Å². The van der Waals surface area contributed by atoms with Crippen molar-refractivity contribution < 1.29 is 13.2 Å². The van der Waals surface area contributed by atoms with Crippen LogP contribution in [0.2, 0.25) is 0 Å². The van der Waals surface area contributed by atoms with Crippen LogP contribution in [0.3, 0.4) is 0 Å². The number of hydrogen-bond acceptors (Lipinski definition) is 4. The second kappa shape index (κ2) is 5.26. The number of nitrogens with one attached hydrogen (secondary N) is 1. The third-order valence-corrected chi connectivity index (χ3v) is 4.77. The summed E-state index contributed by atoms with van der Waals surface area (Å²) < 4.78 is 32.2. The number of nitrogens with two attached hydrogens (primary N) is 1. The summed E-state index contributed by atoms with van der Waals surface area (Å²) in [5, 5.41) is 0. The normalized spacial score (nSPS) is 24.3. The lowest BCUT2D eigenvalue weighted by Crippen LogP contribution is -2.32. The van der Waals surface area contributed by atoms with Crippen LogP contribution in [0.15, 0.2) is 29.2 Å². The Morgan fingerprint density at radius 3 is 2.78 bits per heavy atom. The van der Waals surface area contributed by atoms with Gasteiger partial charge < -0.3 is 10.5 Å². The first-order valence-electron chi connectivity index (χ1n) is 5.96. The zero-order valence-electron chi connectivity index (χ0n) is 10.3. The summed E-state index contributed by atoms with van der Waals surface area (Å²) in [4.78, 5) is 0.136. The molecule has 0 radical (unpaired) electrons. The van der Waals surface area contributed by atoms with E-state index in [0.29, 0.717) is 13.2 Å². The third-order valence-electron chi connectivity index (χ3n) is 3.28. The quantitative estimate of drug-likeness (QED) is 0.799. The van der Waals surface area contributed by atoms with Gasteiger partial charge in [-0.2, -0.15) is 0 Å². The van der Waals surface area contributed by atoms with Crippen LogP contribution in [0, 0.1) is 5.92 Å². The highest BCUT2D eigenvalue weighted by atomic mass is 32.2. The first-order valence-corrected chi connectivity index (χ1v) is 7.45. The molecule has 2 atom stereocenters. The molecule has 0 saturated carbocycles. The Labute approximate surface area is 107 Å². The van der Waals surface area contributed by atoms with Crippen LogP contribution in [-0.2, 0) is 14.8 Å². The minimum atomic E-state index is -3.53. The molecule has 1 saturated heterocycles.